The summed E-state index contributed by atoms with van der Waals surface area (Å²) >= 11 is 0. The largest absolute Gasteiger partial charge is 0.491 e. The van der Waals surface area contributed by atoms with Gasteiger partial charge in [0.05, 0.1) is 17.8 Å². The molecule has 2 aromatic rings. The maximum Gasteiger partial charge on any atom is 0.253 e. The first-order chi connectivity index (χ1) is 11.0. The predicted octanol–water partition coefficient (Wildman–Crippen LogP) is 2.52. The van der Waals surface area contributed by atoms with Crippen LogP contribution in [0.5, 0.6) is 5.75 Å². The molecule has 0 aliphatic heterocycles. The zero-order valence-electron chi connectivity index (χ0n) is 13.3. The number of anilines is 1. The highest BCUT2D eigenvalue weighted by Crippen LogP contribution is 2.20. The van der Waals surface area contributed by atoms with E-state index < -0.39 is 6.10 Å². The molecule has 0 aliphatic rings. The van der Waals surface area contributed by atoms with Crippen molar-refractivity contribution in [2.24, 2.45) is 0 Å². The highest BCUT2D eigenvalue weighted by atomic mass is 16.5. The molecule has 0 bridgehead atoms. The third kappa shape index (κ3) is 4.72. The first-order valence-electron chi connectivity index (χ1n) is 7.54. The number of aliphatic hydroxyl groups excluding tert-OH is 1. The van der Waals surface area contributed by atoms with Crippen LogP contribution in [0, 0.1) is 0 Å². The molecular formula is C18H22N2O3. The molecule has 2 rings (SSSR count). The number of para-hydroxylation sites is 1. The van der Waals surface area contributed by atoms with E-state index in [9.17, 15) is 9.90 Å². The number of carbonyl (C=O) groups excluding carboxylic acids is 1. The Bertz CT molecular complexity index is 671. The van der Waals surface area contributed by atoms with Crippen LogP contribution in [0.3, 0.4) is 0 Å². The molecule has 5 heteroatoms. The van der Waals surface area contributed by atoms with E-state index in [1.807, 2.05) is 26.0 Å². The first-order valence-corrected chi connectivity index (χ1v) is 7.54. The van der Waals surface area contributed by atoms with Crippen molar-refractivity contribution in [2.45, 2.75) is 26.1 Å². The summed E-state index contributed by atoms with van der Waals surface area (Å²) in [6.45, 7) is 3.97. The number of hydrogen-bond donors (Lipinski definition) is 3. The zero-order valence-corrected chi connectivity index (χ0v) is 13.3. The summed E-state index contributed by atoms with van der Waals surface area (Å²) in [6.07, 6.45) is -0.761. The highest BCUT2D eigenvalue weighted by molar-refractivity contribution is 5.99. The topological polar surface area (TPSA) is 84.6 Å². The van der Waals surface area contributed by atoms with Gasteiger partial charge in [-0.25, -0.2) is 0 Å². The van der Waals surface area contributed by atoms with E-state index in [0.29, 0.717) is 22.6 Å². The molecule has 0 saturated carbocycles. The fourth-order valence-electron chi connectivity index (χ4n) is 2.17. The van der Waals surface area contributed by atoms with Crippen LogP contribution in [0.2, 0.25) is 0 Å². The third-order valence-corrected chi connectivity index (χ3v) is 3.28. The Kier molecular flexibility index (Phi) is 5.60. The lowest BCUT2D eigenvalue weighted by Gasteiger charge is -2.15. The van der Waals surface area contributed by atoms with E-state index in [0.717, 1.165) is 0 Å². The second-order valence-corrected chi connectivity index (χ2v) is 5.55. The van der Waals surface area contributed by atoms with Crippen molar-refractivity contribution in [2.75, 3.05) is 12.3 Å². The number of nitrogens with two attached hydrogens (primary N) is 1. The van der Waals surface area contributed by atoms with Crippen LogP contribution >= 0.6 is 0 Å². The molecule has 1 atom stereocenters. The van der Waals surface area contributed by atoms with Crippen molar-refractivity contribution in [3.05, 3.63) is 59.7 Å². The Hall–Kier alpha value is -2.53. The maximum atomic E-state index is 12.1. The van der Waals surface area contributed by atoms with Crippen LogP contribution in [-0.4, -0.2) is 23.7 Å². The van der Waals surface area contributed by atoms with Crippen LogP contribution < -0.4 is 15.8 Å². The van der Waals surface area contributed by atoms with Crippen molar-refractivity contribution in [1.29, 1.82) is 0 Å². The van der Waals surface area contributed by atoms with Gasteiger partial charge in [-0.1, -0.05) is 24.3 Å². The number of hydrogen-bond acceptors (Lipinski definition) is 4. The Balaban J connectivity index is 1.98. The Morgan fingerprint density at radius 2 is 1.96 bits per heavy atom. The van der Waals surface area contributed by atoms with Crippen molar-refractivity contribution >= 4 is 11.6 Å². The molecule has 0 spiro atoms. The Morgan fingerprint density at radius 1 is 1.22 bits per heavy atom. The van der Waals surface area contributed by atoms with E-state index in [2.05, 4.69) is 5.32 Å². The van der Waals surface area contributed by atoms with Crippen LogP contribution in [0.4, 0.5) is 5.69 Å². The summed E-state index contributed by atoms with van der Waals surface area (Å²) in [7, 11) is 0. The summed E-state index contributed by atoms with van der Waals surface area (Å²) in [6, 6.07) is 14.0. The molecule has 0 fully saturated rings. The maximum absolute atomic E-state index is 12.1. The summed E-state index contributed by atoms with van der Waals surface area (Å²) in [5, 5.41) is 12.9. The molecule has 0 heterocycles. The van der Waals surface area contributed by atoms with Gasteiger partial charge in [0, 0.05) is 12.2 Å². The number of benzene rings is 2. The summed E-state index contributed by atoms with van der Waals surface area (Å²) < 4.78 is 5.60. The first kappa shape index (κ1) is 16.8. The number of carbonyl (C=O) groups is 1. The molecule has 1 unspecified atom stereocenters. The van der Waals surface area contributed by atoms with E-state index in [4.69, 9.17) is 10.5 Å². The lowest BCUT2D eigenvalue weighted by atomic mass is 10.1. The molecule has 0 saturated heterocycles. The van der Waals surface area contributed by atoms with E-state index in [1.54, 1.807) is 36.4 Å². The lowest BCUT2D eigenvalue weighted by Crippen LogP contribution is -2.29. The van der Waals surface area contributed by atoms with Gasteiger partial charge < -0.3 is 20.9 Å². The monoisotopic (exact) mass is 314 g/mol. The smallest absolute Gasteiger partial charge is 0.253 e. The minimum atomic E-state index is -0.820. The molecule has 1 amide bonds. The van der Waals surface area contributed by atoms with Crippen LogP contribution in [0.1, 0.15) is 35.9 Å². The second kappa shape index (κ2) is 7.65. The quantitative estimate of drug-likeness (QED) is 0.715. The van der Waals surface area contributed by atoms with Gasteiger partial charge in [0.25, 0.3) is 5.91 Å². The van der Waals surface area contributed by atoms with Gasteiger partial charge in [-0.2, -0.15) is 0 Å². The average molecular weight is 314 g/mol. The van der Waals surface area contributed by atoms with Gasteiger partial charge >= 0.3 is 0 Å². The molecule has 0 aromatic heterocycles. The summed E-state index contributed by atoms with van der Waals surface area (Å²) in [4.78, 5) is 12.1. The normalized spacial score (nSPS) is 12.0. The van der Waals surface area contributed by atoms with E-state index in [1.165, 1.54) is 0 Å². The molecule has 23 heavy (non-hydrogen) atoms. The lowest BCUT2D eigenvalue weighted by molar-refractivity contribution is 0.0917. The van der Waals surface area contributed by atoms with E-state index in [-0.39, 0.29) is 18.6 Å². The van der Waals surface area contributed by atoms with Crippen LogP contribution in [0.25, 0.3) is 0 Å². The highest BCUT2D eigenvalue weighted by Gasteiger charge is 2.13. The third-order valence-electron chi connectivity index (χ3n) is 3.28. The second-order valence-electron chi connectivity index (χ2n) is 5.55. The fraction of sp³-hybridized carbons (Fsp3) is 0.278. The van der Waals surface area contributed by atoms with Gasteiger partial charge in [0.2, 0.25) is 0 Å². The zero-order chi connectivity index (χ0) is 16.8. The fourth-order valence-corrected chi connectivity index (χ4v) is 2.17. The Labute approximate surface area is 136 Å². The van der Waals surface area contributed by atoms with Crippen molar-refractivity contribution in [1.82, 2.24) is 5.32 Å². The van der Waals surface area contributed by atoms with Gasteiger partial charge in [-0.3, -0.25) is 4.79 Å². The molecule has 5 nitrogen and oxygen atoms in total. The number of rotatable bonds is 6. The standard InChI is InChI=1S/C18H22N2O3/c1-12(2)23-14-7-5-6-13(10-14)17(21)11-20-18(22)15-8-3-4-9-16(15)19/h3-10,12,17,21H,11,19H2,1-2H3,(H,20,22). The van der Waals surface area contributed by atoms with Gasteiger partial charge in [-0.15, -0.1) is 0 Å². The van der Waals surface area contributed by atoms with Crippen LogP contribution in [0.15, 0.2) is 48.5 Å². The number of ether oxygens (including phenoxy) is 1. The SMILES string of the molecule is CC(C)Oc1cccc(C(O)CNC(=O)c2ccccc2N)c1. The van der Waals surface area contributed by atoms with Crippen molar-refractivity contribution < 1.29 is 14.6 Å². The number of amides is 1. The number of aliphatic hydroxyl groups is 1. The summed E-state index contributed by atoms with van der Waals surface area (Å²) in [5.74, 6) is 0.381. The molecule has 0 radical (unpaired) electrons. The molecule has 2 aromatic carbocycles. The molecule has 0 aliphatic carbocycles. The number of nitrogen functional groups attached to an aromatic ring is 1. The predicted molar refractivity (Wildman–Crippen MR) is 90.4 cm³/mol. The van der Waals surface area contributed by atoms with Gasteiger partial charge in [-0.05, 0) is 43.7 Å². The number of nitrogens with one attached hydrogen (secondary N) is 1. The van der Waals surface area contributed by atoms with E-state index >= 15 is 0 Å². The Morgan fingerprint density at radius 3 is 2.65 bits per heavy atom. The molecular weight excluding hydrogens is 292 g/mol. The van der Waals surface area contributed by atoms with Gasteiger partial charge in [0.1, 0.15) is 5.75 Å². The minimum Gasteiger partial charge on any atom is -0.491 e. The molecule has 4 N–H and O–H groups in total. The summed E-state index contributed by atoms with van der Waals surface area (Å²) in [5.41, 5.74) is 7.26. The van der Waals surface area contributed by atoms with Gasteiger partial charge in [0.15, 0.2) is 0 Å². The average Bonchev–Trinajstić information content (AvgIpc) is 2.52. The van der Waals surface area contributed by atoms with Crippen molar-refractivity contribution in [3.63, 3.8) is 0 Å². The van der Waals surface area contributed by atoms with Crippen molar-refractivity contribution in [3.8, 4) is 5.75 Å². The van der Waals surface area contributed by atoms with Crippen LogP contribution in [-0.2, 0) is 0 Å². The minimum absolute atomic E-state index is 0.0585. The molecule has 122 valence electrons.